The van der Waals surface area contributed by atoms with E-state index in [1.807, 2.05) is 45.9 Å². The van der Waals surface area contributed by atoms with Gasteiger partial charge in [0.05, 0.1) is 11.4 Å². The summed E-state index contributed by atoms with van der Waals surface area (Å²) < 4.78 is 0. The van der Waals surface area contributed by atoms with Crippen molar-refractivity contribution in [2.24, 2.45) is 4.99 Å². The Bertz CT molecular complexity index is 1660. The number of aliphatic imine (C=N–C) groups is 1. The van der Waals surface area contributed by atoms with E-state index in [9.17, 15) is 29.4 Å². The highest BCUT2D eigenvalue weighted by molar-refractivity contribution is 6.14. The third kappa shape index (κ3) is 6.38. The van der Waals surface area contributed by atoms with Crippen LogP contribution in [-0.4, -0.2) is 44.7 Å². The third-order valence-corrected chi connectivity index (χ3v) is 8.31. The molecule has 0 saturated heterocycles. The third-order valence-electron chi connectivity index (χ3n) is 8.31. The van der Waals surface area contributed by atoms with E-state index in [-0.39, 0.29) is 31.1 Å². The molecular weight excluding hydrogens is 548 g/mol. The summed E-state index contributed by atoms with van der Waals surface area (Å²) in [6.45, 7) is 11.3. The Kier molecular flexibility index (Phi) is 9.18. The number of aromatic nitrogens is 1. The van der Waals surface area contributed by atoms with Crippen LogP contribution in [0.5, 0.6) is 0 Å². The highest BCUT2D eigenvalue weighted by atomic mass is 16.4. The molecule has 43 heavy (non-hydrogen) atoms. The predicted molar refractivity (Wildman–Crippen MR) is 165 cm³/mol. The van der Waals surface area contributed by atoms with Gasteiger partial charge in [-0.3, -0.25) is 19.2 Å². The maximum absolute atomic E-state index is 12.3. The van der Waals surface area contributed by atoms with Crippen molar-refractivity contribution in [3.05, 3.63) is 79.1 Å². The molecule has 2 amide bonds. The van der Waals surface area contributed by atoms with Crippen molar-refractivity contribution in [2.75, 3.05) is 0 Å². The lowest BCUT2D eigenvalue weighted by Crippen LogP contribution is -2.16. The van der Waals surface area contributed by atoms with Crippen LogP contribution in [0.15, 0.2) is 61.6 Å². The minimum atomic E-state index is -0.917. The number of carboxylic acid groups (broad SMARTS) is 2. The second-order valence-corrected chi connectivity index (χ2v) is 10.9. The zero-order valence-electron chi connectivity index (χ0n) is 25.4. The average Bonchev–Trinajstić information content (AvgIpc) is 3.59. The number of carbonyl (C=O) groups excluding carboxylic acids is 2. The number of aliphatic carboxylic acids is 2. The van der Waals surface area contributed by atoms with Gasteiger partial charge in [-0.15, -0.1) is 0 Å². The van der Waals surface area contributed by atoms with Gasteiger partial charge in [-0.05, 0) is 105 Å². The van der Waals surface area contributed by atoms with E-state index in [2.05, 4.69) is 15.6 Å². The lowest BCUT2D eigenvalue weighted by atomic mass is 9.98. The fourth-order valence-corrected chi connectivity index (χ4v) is 5.77. The van der Waals surface area contributed by atoms with Gasteiger partial charge in [-0.2, -0.15) is 0 Å². The Hall–Kier alpha value is -4.73. The number of nitrogens with one attached hydrogen (secondary N) is 3. The Morgan fingerprint density at radius 2 is 1.26 bits per heavy atom. The Balaban J connectivity index is 1.82. The van der Waals surface area contributed by atoms with Gasteiger partial charge in [0.2, 0.25) is 0 Å². The molecule has 1 aromatic heterocycles. The highest BCUT2D eigenvalue weighted by Gasteiger charge is 2.27. The van der Waals surface area contributed by atoms with Crippen molar-refractivity contribution < 1.29 is 29.4 Å². The molecule has 10 nitrogen and oxygen atoms in total. The largest absolute Gasteiger partial charge is 0.481 e. The smallest absolute Gasteiger partial charge is 0.303 e. The Morgan fingerprint density at radius 3 is 1.79 bits per heavy atom. The molecule has 0 aliphatic carbocycles. The molecule has 10 heteroatoms. The van der Waals surface area contributed by atoms with E-state index in [0.717, 1.165) is 39.1 Å². The zero-order valence-corrected chi connectivity index (χ0v) is 25.4. The van der Waals surface area contributed by atoms with Crippen LogP contribution in [0.25, 0.3) is 12.2 Å². The molecule has 5 N–H and O–H groups in total. The molecule has 3 aliphatic heterocycles. The second kappa shape index (κ2) is 12.6. The van der Waals surface area contributed by atoms with Crippen molar-refractivity contribution in [2.45, 2.75) is 80.1 Å². The molecular formula is C33H38N4O6. The van der Waals surface area contributed by atoms with Crippen LogP contribution >= 0.6 is 0 Å². The first-order valence-electron chi connectivity index (χ1n) is 14.5. The molecule has 0 saturated carbocycles. The number of allylic oxidation sites excluding steroid dienone is 5. The molecule has 0 unspecified atom stereocenters. The van der Waals surface area contributed by atoms with Gasteiger partial charge in [0.15, 0.2) is 0 Å². The summed E-state index contributed by atoms with van der Waals surface area (Å²) in [5.41, 5.74) is 10.5. The van der Waals surface area contributed by atoms with E-state index < -0.39 is 11.9 Å². The summed E-state index contributed by atoms with van der Waals surface area (Å²) in [5.74, 6) is -2.13. The van der Waals surface area contributed by atoms with Crippen molar-refractivity contribution in [3.8, 4) is 0 Å². The first-order valence-corrected chi connectivity index (χ1v) is 14.5. The number of carbonyl (C=O) groups is 4. The number of amides is 2. The molecule has 0 radical (unpaired) electrons. The van der Waals surface area contributed by atoms with Crippen LogP contribution in [-0.2, 0) is 25.6 Å². The fourth-order valence-electron chi connectivity index (χ4n) is 5.77. The number of rotatable bonds is 11. The van der Waals surface area contributed by atoms with Crippen LogP contribution in [0.3, 0.4) is 0 Å². The highest BCUT2D eigenvalue weighted by Crippen LogP contribution is 2.34. The minimum absolute atomic E-state index is 0.0563. The number of hydrogen-bond acceptors (Lipinski definition) is 5. The molecule has 0 bridgehead atoms. The molecule has 3 aliphatic rings. The van der Waals surface area contributed by atoms with Crippen LogP contribution < -0.4 is 10.6 Å². The van der Waals surface area contributed by atoms with E-state index >= 15 is 0 Å². The van der Waals surface area contributed by atoms with E-state index in [1.165, 1.54) is 0 Å². The van der Waals surface area contributed by atoms with Crippen molar-refractivity contribution in [1.29, 1.82) is 0 Å². The summed E-state index contributed by atoms with van der Waals surface area (Å²) in [6, 6.07) is 0. The number of hydrogen-bond donors (Lipinski definition) is 5. The first kappa shape index (κ1) is 31.2. The second-order valence-electron chi connectivity index (χ2n) is 10.9. The molecule has 4 rings (SSSR count). The number of H-pyrrole nitrogens is 1. The maximum Gasteiger partial charge on any atom is 0.303 e. The fraction of sp³-hybridized carbons (Fsp3) is 0.364. The topological polar surface area (TPSA) is 161 Å². The van der Waals surface area contributed by atoms with Gasteiger partial charge in [0, 0.05) is 46.8 Å². The average molecular weight is 587 g/mol. The lowest BCUT2D eigenvalue weighted by Gasteiger charge is -2.07. The number of carboxylic acids is 2. The van der Waals surface area contributed by atoms with Crippen molar-refractivity contribution in [3.63, 3.8) is 0 Å². The lowest BCUT2D eigenvalue weighted by molar-refractivity contribution is -0.137. The van der Waals surface area contributed by atoms with Gasteiger partial charge < -0.3 is 25.8 Å². The van der Waals surface area contributed by atoms with Gasteiger partial charge in [0.1, 0.15) is 0 Å². The maximum atomic E-state index is 12.3. The van der Waals surface area contributed by atoms with E-state index in [0.29, 0.717) is 58.9 Å². The minimum Gasteiger partial charge on any atom is -0.481 e. The number of aromatic amines is 1. The van der Waals surface area contributed by atoms with Gasteiger partial charge in [-0.25, -0.2) is 4.99 Å². The first-order chi connectivity index (χ1) is 20.4. The Labute approximate surface area is 250 Å². The summed E-state index contributed by atoms with van der Waals surface area (Å²) in [6.07, 6.45) is 7.33. The van der Waals surface area contributed by atoms with Crippen LogP contribution in [0.4, 0.5) is 0 Å². The Morgan fingerprint density at radius 1 is 0.721 bits per heavy atom. The molecule has 0 spiro atoms. The molecule has 226 valence electrons. The normalized spacial score (nSPS) is 19.9. The predicted octanol–water partition coefficient (Wildman–Crippen LogP) is 5.25. The van der Waals surface area contributed by atoms with E-state index in [4.69, 9.17) is 4.99 Å². The quantitative estimate of drug-likeness (QED) is 0.238. The molecule has 4 heterocycles. The summed E-state index contributed by atoms with van der Waals surface area (Å²) >= 11 is 0. The standard InChI is InChI=1S/C33H38N4O6/c1-7-20-18(5)32(42)36-26(20)14-28-22(9-11-30(38)39)16(3)24(34-28)13-25-17(4)23(10-12-31(40)41)29(35-25)15-27-21(8-2)19(6)33(43)37-27/h13-15,34H,7-12H2,1-6H3,(H,36,42)(H,37,43)(H,38,39)(H,40,41)/b25-13+,26-14-,27-15-. The summed E-state index contributed by atoms with van der Waals surface area (Å²) in [5, 5.41) is 24.6. The molecule has 0 aromatic carbocycles. The van der Waals surface area contributed by atoms with Crippen LogP contribution in [0, 0.1) is 6.92 Å². The molecule has 1 aromatic rings. The van der Waals surface area contributed by atoms with Crippen molar-refractivity contribution in [1.82, 2.24) is 15.6 Å². The van der Waals surface area contributed by atoms with Crippen molar-refractivity contribution >= 4 is 41.6 Å². The molecule has 0 atom stereocenters. The number of nitrogens with zero attached hydrogens (tertiary/aromatic N) is 1. The van der Waals surface area contributed by atoms with Crippen LogP contribution in [0.1, 0.15) is 89.2 Å². The van der Waals surface area contributed by atoms with E-state index in [1.54, 1.807) is 13.8 Å². The zero-order chi connectivity index (χ0) is 31.6. The monoisotopic (exact) mass is 586 g/mol. The van der Waals surface area contributed by atoms with Gasteiger partial charge >= 0.3 is 11.9 Å². The van der Waals surface area contributed by atoms with Gasteiger partial charge in [-0.1, -0.05) is 13.8 Å². The molecule has 0 fully saturated rings. The summed E-state index contributed by atoms with van der Waals surface area (Å²) in [7, 11) is 0. The van der Waals surface area contributed by atoms with Gasteiger partial charge in [0.25, 0.3) is 11.8 Å². The SMILES string of the molecule is CCC1=C(C)C(=O)N/C1=C\C1=NC(=C/c2[nH]c(/C=C3\NC(=O)C(C)=C3CC)c(CCC(=O)O)c2C)/C(C)=C1CCC(=O)O. The summed E-state index contributed by atoms with van der Waals surface area (Å²) in [4.78, 5) is 55.9. The van der Waals surface area contributed by atoms with Crippen LogP contribution in [0.2, 0.25) is 0 Å².